The van der Waals surface area contributed by atoms with Gasteiger partial charge in [0.15, 0.2) is 0 Å². The van der Waals surface area contributed by atoms with Gasteiger partial charge in [-0.1, -0.05) is 0 Å². The first-order valence-electron chi connectivity index (χ1n) is 4.46. The van der Waals surface area contributed by atoms with Crippen LogP contribution in [0.3, 0.4) is 0 Å². The molecule has 0 heterocycles. The molecule has 0 aromatic heterocycles. The van der Waals surface area contributed by atoms with E-state index in [4.69, 9.17) is 5.11 Å². The number of carboxylic acids is 1. The molecule has 0 aliphatic heterocycles. The van der Waals surface area contributed by atoms with E-state index in [0.717, 1.165) is 0 Å². The third-order valence-electron chi connectivity index (χ3n) is 1.83. The molecule has 0 radical (unpaired) electrons. The fourth-order valence-corrected chi connectivity index (χ4v) is 1.13. The summed E-state index contributed by atoms with van der Waals surface area (Å²) in [4.78, 5) is 10.0. The van der Waals surface area contributed by atoms with Crippen LogP contribution in [0.5, 0.6) is 0 Å². The zero-order valence-corrected chi connectivity index (χ0v) is 8.42. The Morgan fingerprint density at radius 3 is 2.53 bits per heavy atom. The van der Waals surface area contributed by atoms with Crippen molar-refractivity contribution in [2.24, 2.45) is 0 Å². The molecular formula is C10H8F4O3. The third kappa shape index (κ3) is 3.70. The highest BCUT2D eigenvalue weighted by atomic mass is 19.3. The third-order valence-corrected chi connectivity index (χ3v) is 1.83. The molecular weight excluding hydrogens is 244 g/mol. The number of hydrogen-bond acceptors (Lipinski definition) is 2. The van der Waals surface area contributed by atoms with Crippen molar-refractivity contribution in [3.8, 4) is 0 Å². The number of alkyl halides is 2. The summed E-state index contributed by atoms with van der Waals surface area (Å²) in [6.45, 7) is -2.21. The second kappa shape index (κ2) is 5.13. The highest BCUT2D eigenvalue weighted by Crippen LogP contribution is 2.30. The highest BCUT2D eigenvalue weighted by molar-refractivity contribution is 5.67. The maximum Gasteiger partial charge on any atom is 0.329 e. The molecule has 1 aromatic rings. The van der Waals surface area contributed by atoms with Crippen molar-refractivity contribution < 1.29 is 32.2 Å². The molecule has 0 atom stereocenters. The first-order chi connectivity index (χ1) is 7.83. The van der Waals surface area contributed by atoms with Crippen molar-refractivity contribution in [2.75, 3.05) is 13.2 Å². The maximum atomic E-state index is 13.3. The first-order valence-corrected chi connectivity index (χ1v) is 4.46. The molecule has 0 aliphatic rings. The molecule has 1 N–H and O–H groups in total. The van der Waals surface area contributed by atoms with Gasteiger partial charge in [-0.15, -0.1) is 0 Å². The van der Waals surface area contributed by atoms with Crippen LogP contribution in [0.2, 0.25) is 0 Å². The topological polar surface area (TPSA) is 46.5 Å². The molecule has 0 unspecified atom stereocenters. The monoisotopic (exact) mass is 252 g/mol. The molecule has 17 heavy (non-hydrogen) atoms. The van der Waals surface area contributed by atoms with E-state index in [-0.39, 0.29) is 0 Å². The lowest BCUT2D eigenvalue weighted by Gasteiger charge is -2.16. The van der Waals surface area contributed by atoms with Crippen LogP contribution < -0.4 is 0 Å². The number of hydrogen-bond donors (Lipinski definition) is 1. The minimum absolute atomic E-state index is 0.320. The van der Waals surface area contributed by atoms with Crippen LogP contribution in [0.1, 0.15) is 5.56 Å². The van der Waals surface area contributed by atoms with E-state index >= 15 is 0 Å². The van der Waals surface area contributed by atoms with Gasteiger partial charge < -0.3 is 9.84 Å². The van der Waals surface area contributed by atoms with Gasteiger partial charge in [-0.2, -0.15) is 8.78 Å². The molecule has 1 rings (SSSR count). The molecule has 3 nitrogen and oxygen atoms in total. The van der Waals surface area contributed by atoms with Crippen LogP contribution in [0.25, 0.3) is 0 Å². The SMILES string of the molecule is O=C(O)COCC(F)(F)c1ccc(F)cc1F. The highest BCUT2D eigenvalue weighted by Gasteiger charge is 2.35. The van der Waals surface area contributed by atoms with Crippen molar-refractivity contribution in [3.05, 3.63) is 35.4 Å². The van der Waals surface area contributed by atoms with Crippen LogP contribution in [0.4, 0.5) is 17.6 Å². The van der Waals surface area contributed by atoms with Gasteiger partial charge in [-0.3, -0.25) is 0 Å². The van der Waals surface area contributed by atoms with Gasteiger partial charge in [0.1, 0.15) is 24.8 Å². The van der Waals surface area contributed by atoms with Gasteiger partial charge in [0.2, 0.25) is 0 Å². The number of ether oxygens (including phenoxy) is 1. The normalized spacial score (nSPS) is 11.5. The van der Waals surface area contributed by atoms with E-state index in [2.05, 4.69) is 4.74 Å². The Bertz CT molecular complexity index is 420. The van der Waals surface area contributed by atoms with E-state index in [9.17, 15) is 22.4 Å². The summed E-state index contributed by atoms with van der Waals surface area (Å²) in [5.41, 5.74) is -1.04. The lowest BCUT2D eigenvalue weighted by molar-refractivity contribution is -0.147. The Morgan fingerprint density at radius 2 is 2.00 bits per heavy atom. The van der Waals surface area contributed by atoms with Crippen molar-refractivity contribution in [1.29, 1.82) is 0 Å². The number of halogens is 4. The first kappa shape index (κ1) is 13.4. The van der Waals surface area contributed by atoms with Gasteiger partial charge in [0, 0.05) is 6.07 Å². The maximum absolute atomic E-state index is 13.3. The molecule has 7 heteroatoms. The molecule has 0 fully saturated rings. The molecule has 0 spiro atoms. The summed E-state index contributed by atoms with van der Waals surface area (Å²) in [6, 6.07) is 1.60. The largest absolute Gasteiger partial charge is 0.480 e. The number of benzene rings is 1. The van der Waals surface area contributed by atoms with E-state index in [0.29, 0.717) is 18.2 Å². The van der Waals surface area contributed by atoms with Crippen LogP contribution in [-0.4, -0.2) is 24.3 Å². The number of rotatable bonds is 5. The lowest BCUT2D eigenvalue weighted by atomic mass is 10.1. The van der Waals surface area contributed by atoms with Crippen LogP contribution in [0.15, 0.2) is 18.2 Å². The van der Waals surface area contributed by atoms with Gasteiger partial charge in [-0.05, 0) is 12.1 Å². The van der Waals surface area contributed by atoms with Crippen LogP contribution >= 0.6 is 0 Å². The summed E-state index contributed by atoms with van der Waals surface area (Å²) in [5, 5.41) is 8.18. The quantitative estimate of drug-likeness (QED) is 0.817. The standard InChI is InChI=1S/C10H8F4O3/c11-6-1-2-7(8(12)3-6)10(13,14)5-17-4-9(15)16/h1-3H,4-5H2,(H,15,16). The van der Waals surface area contributed by atoms with Gasteiger partial charge >= 0.3 is 5.97 Å². The fourth-order valence-electron chi connectivity index (χ4n) is 1.13. The van der Waals surface area contributed by atoms with Crippen molar-refractivity contribution in [2.45, 2.75) is 5.92 Å². The molecule has 0 amide bonds. The fraction of sp³-hybridized carbons (Fsp3) is 0.300. The van der Waals surface area contributed by atoms with Crippen molar-refractivity contribution in [3.63, 3.8) is 0 Å². The summed E-state index contributed by atoms with van der Waals surface area (Å²) in [7, 11) is 0. The Morgan fingerprint density at radius 1 is 1.35 bits per heavy atom. The Kier molecular flexibility index (Phi) is 4.06. The molecule has 1 aromatic carbocycles. The number of carbonyl (C=O) groups is 1. The van der Waals surface area contributed by atoms with Crippen LogP contribution in [0, 0.1) is 11.6 Å². The van der Waals surface area contributed by atoms with E-state index < -0.39 is 42.3 Å². The lowest BCUT2D eigenvalue weighted by Crippen LogP contribution is -2.24. The molecule has 94 valence electrons. The van der Waals surface area contributed by atoms with E-state index in [1.54, 1.807) is 0 Å². The minimum atomic E-state index is -3.72. The predicted molar refractivity (Wildman–Crippen MR) is 48.7 cm³/mol. The second-order valence-electron chi connectivity index (χ2n) is 3.22. The Labute approximate surface area is 93.6 Å². The van der Waals surface area contributed by atoms with E-state index in [1.165, 1.54) is 0 Å². The smallest absolute Gasteiger partial charge is 0.329 e. The molecule has 0 bridgehead atoms. The summed E-state index contributed by atoms with van der Waals surface area (Å²) in [6.07, 6.45) is 0. The van der Waals surface area contributed by atoms with Gasteiger partial charge in [0.25, 0.3) is 5.92 Å². The average Bonchev–Trinajstić information content (AvgIpc) is 2.15. The Hall–Kier alpha value is -1.63. The Balaban J connectivity index is 2.78. The molecule has 0 saturated carbocycles. The minimum Gasteiger partial charge on any atom is -0.480 e. The van der Waals surface area contributed by atoms with Crippen LogP contribution in [-0.2, 0) is 15.5 Å². The number of aliphatic carboxylic acids is 1. The van der Waals surface area contributed by atoms with Crippen molar-refractivity contribution >= 4 is 5.97 Å². The van der Waals surface area contributed by atoms with Crippen molar-refractivity contribution in [1.82, 2.24) is 0 Å². The summed E-state index contributed by atoms with van der Waals surface area (Å²) >= 11 is 0. The molecule has 0 saturated heterocycles. The number of carboxylic acid groups (broad SMARTS) is 1. The average molecular weight is 252 g/mol. The summed E-state index contributed by atoms with van der Waals surface area (Å²) < 4.78 is 56.4. The zero-order valence-electron chi connectivity index (χ0n) is 8.42. The second-order valence-corrected chi connectivity index (χ2v) is 3.22. The zero-order chi connectivity index (χ0) is 13.1. The summed E-state index contributed by atoms with van der Waals surface area (Å²) in [5.74, 6) is -7.52. The van der Waals surface area contributed by atoms with Gasteiger partial charge in [0.05, 0.1) is 5.56 Å². The van der Waals surface area contributed by atoms with Gasteiger partial charge in [-0.25, -0.2) is 13.6 Å². The van der Waals surface area contributed by atoms with E-state index in [1.807, 2.05) is 0 Å². The molecule has 0 aliphatic carbocycles. The predicted octanol–water partition coefficient (Wildman–Crippen LogP) is 2.16.